The van der Waals surface area contributed by atoms with Crippen molar-refractivity contribution >= 4 is 23.7 Å². The van der Waals surface area contributed by atoms with Gasteiger partial charge in [-0.15, -0.1) is 11.8 Å². The van der Waals surface area contributed by atoms with Crippen LogP contribution in [0, 0.1) is 0 Å². The molecule has 0 unspecified atom stereocenters. The van der Waals surface area contributed by atoms with Gasteiger partial charge < -0.3 is 19.3 Å². The molecule has 2 aromatic heterocycles. The van der Waals surface area contributed by atoms with Crippen LogP contribution in [0.25, 0.3) is 17.2 Å². The molecule has 9 nitrogen and oxygen atoms in total. The molecule has 0 bridgehead atoms. The van der Waals surface area contributed by atoms with Gasteiger partial charge in [0.2, 0.25) is 11.9 Å². The molecule has 0 atom stereocenters. The summed E-state index contributed by atoms with van der Waals surface area (Å²) in [5.74, 6) is 3.44. The third-order valence-electron chi connectivity index (χ3n) is 6.63. The molecule has 0 saturated carbocycles. The van der Waals surface area contributed by atoms with Crippen LogP contribution in [0.4, 0.5) is 11.9 Å². The first-order chi connectivity index (χ1) is 17.2. The molecule has 0 spiro atoms. The quantitative estimate of drug-likeness (QED) is 0.442. The number of hydrogen-bond donors (Lipinski definition) is 0. The van der Waals surface area contributed by atoms with Crippen LogP contribution >= 0.6 is 11.8 Å². The minimum atomic E-state index is 0.567. The van der Waals surface area contributed by atoms with Gasteiger partial charge in [-0.1, -0.05) is 0 Å². The van der Waals surface area contributed by atoms with Gasteiger partial charge in [0.15, 0.2) is 11.5 Å². The Balaban J connectivity index is 1.57. The normalized spacial score (nSPS) is 16.4. The summed E-state index contributed by atoms with van der Waals surface area (Å²) in [4.78, 5) is 19.3. The second-order valence-corrected chi connectivity index (χ2v) is 9.71. The van der Waals surface area contributed by atoms with E-state index in [9.17, 15) is 0 Å². The molecule has 3 aromatic rings. The lowest BCUT2D eigenvalue weighted by atomic mass is 10.1. The highest BCUT2D eigenvalue weighted by atomic mass is 32.2. The Morgan fingerprint density at radius 3 is 1.83 bits per heavy atom. The van der Waals surface area contributed by atoms with Crippen LogP contribution in [0.2, 0.25) is 0 Å². The molecule has 1 aromatic carbocycles. The van der Waals surface area contributed by atoms with E-state index in [4.69, 9.17) is 29.5 Å². The number of hydrogen-bond acceptors (Lipinski definition) is 9. The van der Waals surface area contributed by atoms with Crippen LogP contribution in [-0.2, 0) is 0 Å². The van der Waals surface area contributed by atoms with Crippen LogP contribution < -0.4 is 19.3 Å². The number of ether oxygens (including phenoxy) is 2. The largest absolute Gasteiger partial charge is 0.493 e. The minimum Gasteiger partial charge on any atom is -0.493 e. The maximum Gasteiger partial charge on any atom is 0.258 e. The Morgan fingerprint density at radius 2 is 1.29 bits per heavy atom. The number of nitrogens with zero attached hydrogens (tertiary/aromatic N) is 7. The second kappa shape index (κ2) is 10.7. The van der Waals surface area contributed by atoms with Crippen LogP contribution in [0.15, 0.2) is 29.3 Å². The highest BCUT2D eigenvalue weighted by Crippen LogP contribution is 2.34. The fourth-order valence-electron chi connectivity index (χ4n) is 4.70. The van der Waals surface area contributed by atoms with E-state index in [1.807, 2.05) is 29.1 Å². The molecule has 0 radical (unpaired) electrons. The standard InChI is InChI=1S/C25H33N7O2S/c1-33-20-11-10-18(16-21(20)34-2)19-17-22(35-3)32(29-19)25-27-23(30-12-6-4-7-13-30)26-24(28-25)31-14-8-5-9-15-31/h10-11,16-17H,4-9,12-15H2,1-3H3. The van der Waals surface area contributed by atoms with Crippen LogP contribution in [0.5, 0.6) is 11.5 Å². The lowest BCUT2D eigenvalue weighted by molar-refractivity contribution is 0.355. The molecule has 2 fully saturated rings. The molecular weight excluding hydrogens is 462 g/mol. The number of thioether (sulfide) groups is 1. The van der Waals surface area contributed by atoms with Crippen molar-refractivity contribution in [2.75, 3.05) is 56.5 Å². The second-order valence-electron chi connectivity index (χ2n) is 8.88. The molecule has 10 heteroatoms. The van der Waals surface area contributed by atoms with Gasteiger partial charge in [0.1, 0.15) is 5.03 Å². The lowest BCUT2D eigenvalue weighted by Gasteiger charge is -2.30. The third-order valence-corrected chi connectivity index (χ3v) is 7.34. The number of rotatable bonds is 7. The first kappa shape index (κ1) is 23.7. The predicted octanol–water partition coefficient (Wildman–Crippen LogP) is 4.44. The summed E-state index contributed by atoms with van der Waals surface area (Å²) in [5.41, 5.74) is 1.77. The zero-order chi connectivity index (χ0) is 24.2. The first-order valence-electron chi connectivity index (χ1n) is 12.3. The molecule has 4 heterocycles. The average Bonchev–Trinajstić information content (AvgIpc) is 3.38. The number of aromatic nitrogens is 5. The van der Waals surface area contributed by atoms with Crippen LogP contribution in [0.3, 0.4) is 0 Å². The van der Waals surface area contributed by atoms with E-state index >= 15 is 0 Å². The van der Waals surface area contributed by atoms with Gasteiger partial charge >= 0.3 is 0 Å². The molecule has 186 valence electrons. The Labute approximate surface area is 210 Å². The van der Waals surface area contributed by atoms with E-state index in [0.29, 0.717) is 17.4 Å². The Bertz CT molecular complexity index is 1120. The number of methoxy groups -OCH3 is 2. The maximum absolute atomic E-state index is 5.50. The van der Waals surface area contributed by atoms with E-state index in [1.165, 1.54) is 38.5 Å². The Morgan fingerprint density at radius 1 is 0.714 bits per heavy atom. The van der Waals surface area contributed by atoms with Gasteiger partial charge in [-0.05, 0) is 69.0 Å². The smallest absolute Gasteiger partial charge is 0.258 e. The summed E-state index contributed by atoms with van der Waals surface area (Å²) in [6.07, 6.45) is 9.24. The van der Waals surface area contributed by atoms with Crippen molar-refractivity contribution in [3.63, 3.8) is 0 Å². The van der Waals surface area contributed by atoms with Gasteiger partial charge in [-0.3, -0.25) is 0 Å². The fraction of sp³-hybridized carbons (Fsp3) is 0.520. The van der Waals surface area contributed by atoms with Gasteiger partial charge in [0.25, 0.3) is 5.95 Å². The van der Waals surface area contributed by atoms with E-state index in [1.54, 1.807) is 26.0 Å². The average molecular weight is 496 g/mol. The SMILES string of the molecule is COc1ccc(-c2cc(SC)n(-c3nc(N4CCCCC4)nc(N4CCCCC4)n3)n2)cc1OC. The number of benzene rings is 1. The van der Waals surface area contributed by atoms with Crippen LogP contribution in [0.1, 0.15) is 38.5 Å². The zero-order valence-electron chi connectivity index (χ0n) is 20.7. The van der Waals surface area contributed by atoms with Crippen molar-refractivity contribution in [1.29, 1.82) is 0 Å². The molecule has 0 amide bonds. The van der Waals surface area contributed by atoms with Crippen LogP contribution in [-0.4, -0.2) is 71.4 Å². The maximum atomic E-state index is 5.50. The molecule has 0 N–H and O–H groups in total. The summed E-state index contributed by atoms with van der Waals surface area (Å²) in [5, 5.41) is 5.90. The van der Waals surface area contributed by atoms with Crippen molar-refractivity contribution in [2.24, 2.45) is 0 Å². The molecule has 0 aliphatic carbocycles. The van der Waals surface area contributed by atoms with Gasteiger partial charge in [0.05, 0.1) is 19.9 Å². The molecular formula is C25H33N7O2S. The number of anilines is 2. The molecule has 2 aliphatic rings. The first-order valence-corrected chi connectivity index (χ1v) is 13.6. The fourth-order valence-corrected chi connectivity index (χ4v) is 5.22. The van der Waals surface area contributed by atoms with E-state index in [-0.39, 0.29) is 0 Å². The zero-order valence-corrected chi connectivity index (χ0v) is 21.6. The van der Waals surface area contributed by atoms with Gasteiger partial charge in [0, 0.05) is 31.7 Å². The molecule has 5 rings (SSSR count). The van der Waals surface area contributed by atoms with Crippen molar-refractivity contribution in [3.05, 3.63) is 24.3 Å². The Kier molecular flexibility index (Phi) is 7.26. The summed E-state index contributed by atoms with van der Waals surface area (Å²) >= 11 is 1.62. The number of piperidine rings is 2. The van der Waals surface area contributed by atoms with Gasteiger partial charge in [-0.2, -0.15) is 24.7 Å². The summed E-state index contributed by atoms with van der Waals surface area (Å²) in [6.45, 7) is 3.92. The summed E-state index contributed by atoms with van der Waals surface area (Å²) in [7, 11) is 3.28. The summed E-state index contributed by atoms with van der Waals surface area (Å²) < 4.78 is 12.7. The van der Waals surface area contributed by atoms with Crippen molar-refractivity contribution in [2.45, 2.75) is 43.6 Å². The van der Waals surface area contributed by atoms with Crippen molar-refractivity contribution < 1.29 is 9.47 Å². The van der Waals surface area contributed by atoms with E-state index in [2.05, 4.69) is 15.9 Å². The lowest BCUT2D eigenvalue weighted by Crippen LogP contribution is -2.35. The molecule has 35 heavy (non-hydrogen) atoms. The summed E-state index contributed by atoms with van der Waals surface area (Å²) in [6, 6.07) is 7.90. The van der Waals surface area contributed by atoms with E-state index < -0.39 is 0 Å². The Hall–Kier alpha value is -3.01. The minimum absolute atomic E-state index is 0.567. The van der Waals surface area contributed by atoms with Crippen molar-refractivity contribution in [1.82, 2.24) is 24.7 Å². The molecule has 2 saturated heterocycles. The third kappa shape index (κ3) is 5.03. The predicted molar refractivity (Wildman–Crippen MR) is 139 cm³/mol. The van der Waals surface area contributed by atoms with E-state index in [0.717, 1.165) is 54.4 Å². The monoisotopic (exact) mass is 495 g/mol. The highest BCUT2D eigenvalue weighted by Gasteiger charge is 2.23. The van der Waals surface area contributed by atoms with Crippen molar-refractivity contribution in [3.8, 4) is 28.7 Å². The topological polar surface area (TPSA) is 81.4 Å². The molecule has 2 aliphatic heterocycles. The highest BCUT2D eigenvalue weighted by molar-refractivity contribution is 7.98. The van der Waals surface area contributed by atoms with Gasteiger partial charge in [-0.25, -0.2) is 0 Å².